The van der Waals surface area contributed by atoms with Crippen LogP contribution in [0.4, 0.5) is 0 Å². The fourth-order valence-electron chi connectivity index (χ4n) is 2.24. The maximum atomic E-state index is 11.5. The molecule has 1 aromatic heterocycles. The second-order valence-electron chi connectivity index (χ2n) is 5.64. The number of ether oxygens (including phenoxy) is 1. The Balaban J connectivity index is 2.08. The summed E-state index contributed by atoms with van der Waals surface area (Å²) < 4.78 is 11.9. The maximum absolute atomic E-state index is 11.5. The molecule has 0 aliphatic heterocycles. The Morgan fingerprint density at radius 3 is 2.70 bits per heavy atom. The standard InChI is InChI=1S/C16H21N3O3S/c1-11-5-7-13(8-6-11)14-17-19(16(23)22-14)10-18(3)9-12(2)15(20)21-4/h5-8,12H,9-10H2,1-4H3. The molecule has 0 aliphatic carbocycles. The Labute approximate surface area is 140 Å². The summed E-state index contributed by atoms with van der Waals surface area (Å²) in [5, 5.41) is 4.41. The van der Waals surface area contributed by atoms with Gasteiger partial charge in [0.1, 0.15) is 0 Å². The van der Waals surface area contributed by atoms with Crippen LogP contribution in [0.25, 0.3) is 11.5 Å². The normalized spacial score (nSPS) is 12.4. The summed E-state index contributed by atoms with van der Waals surface area (Å²) in [5.41, 5.74) is 2.05. The van der Waals surface area contributed by atoms with Gasteiger partial charge in [0, 0.05) is 12.1 Å². The predicted octanol–water partition coefficient (Wildman–Crippen LogP) is 2.88. The number of rotatable bonds is 6. The van der Waals surface area contributed by atoms with Crippen molar-refractivity contribution in [1.29, 1.82) is 0 Å². The van der Waals surface area contributed by atoms with Crippen LogP contribution in [0.5, 0.6) is 0 Å². The van der Waals surface area contributed by atoms with E-state index in [-0.39, 0.29) is 11.9 Å². The van der Waals surface area contributed by atoms with E-state index in [2.05, 4.69) is 5.10 Å². The van der Waals surface area contributed by atoms with Crippen molar-refractivity contribution in [3.63, 3.8) is 0 Å². The second kappa shape index (κ2) is 7.52. The summed E-state index contributed by atoms with van der Waals surface area (Å²) in [6, 6.07) is 7.89. The number of carbonyl (C=O) groups excluding carboxylic acids is 1. The van der Waals surface area contributed by atoms with E-state index in [0.717, 1.165) is 5.56 Å². The monoisotopic (exact) mass is 335 g/mol. The van der Waals surface area contributed by atoms with Gasteiger partial charge in [0.25, 0.3) is 4.84 Å². The number of benzene rings is 1. The van der Waals surface area contributed by atoms with Crippen molar-refractivity contribution in [2.45, 2.75) is 20.5 Å². The van der Waals surface area contributed by atoms with Gasteiger partial charge < -0.3 is 9.15 Å². The lowest BCUT2D eigenvalue weighted by Crippen LogP contribution is -2.31. The first-order chi connectivity index (χ1) is 10.9. The summed E-state index contributed by atoms with van der Waals surface area (Å²) >= 11 is 5.22. The van der Waals surface area contributed by atoms with E-state index in [1.165, 1.54) is 12.7 Å². The molecule has 23 heavy (non-hydrogen) atoms. The van der Waals surface area contributed by atoms with Gasteiger partial charge in [-0.1, -0.05) is 24.6 Å². The fourth-order valence-corrected chi connectivity index (χ4v) is 2.42. The zero-order valence-electron chi connectivity index (χ0n) is 13.8. The molecule has 2 rings (SSSR count). The van der Waals surface area contributed by atoms with Gasteiger partial charge in [-0.25, -0.2) is 4.68 Å². The summed E-state index contributed by atoms with van der Waals surface area (Å²) in [7, 11) is 3.28. The van der Waals surface area contributed by atoms with Gasteiger partial charge in [-0.3, -0.25) is 9.69 Å². The number of aryl methyl sites for hydroxylation is 1. The minimum absolute atomic E-state index is 0.220. The molecule has 0 radical (unpaired) electrons. The van der Waals surface area contributed by atoms with Gasteiger partial charge in [-0.05, 0) is 38.3 Å². The Morgan fingerprint density at radius 2 is 2.09 bits per heavy atom. The average Bonchev–Trinajstić information content (AvgIpc) is 2.87. The number of nitrogens with zero attached hydrogens (tertiary/aromatic N) is 3. The van der Waals surface area contributed by atoms with Crippen molar-refractivity contribution in [2.75, 3.05) is 20.7 Å². The highest BCUT2D eigenvalue weighted by atomic mass is 32.1. The van der Waals surface area contributed by atoms with Crippen LogP contribution in [0.3, 0.4) is 0 Å². The fraction of sp³-hybridized carbons (Fsp3) is 0.438. The topological polar surface area (TPSA) is 60.5 Å². The molecule has 0 fully saturated rings. The van der Waals surface area contributed by atoms with Crippen LogP contribution in [-0.4, -0.2) is 41.4 Å². The largest absolute Gasteiger partial charge is 0.469 e. The second-order valence-corrected chi connectivity index (χ2v) is 5.99. The van der Waals surface area contributed by atoms with Gasteiger partial charge >= 0.3 is 5.97 Å². The summed E-state index contributed by atoms with van der Waals surface area (Å²) in [6.45, 7) is 4.83. The lowest BCUT2D eigenvalue weighted by atomic mass is 10.1. The molecule has 0 saturated heterocycles. The van der Waals surface area contributed by atoms with E-state index >= 15 is 0 Å². The predicted molar refractivity (Wildman–Crippen MR) is 89.3 cm³/mol. The van der Waals surface area contributed by atoms with E-state index in [9.17, 15) is 4.79 Å². The molecule has 7 heteroatoms. The number of esters is 1. The molecule has 1 atom stereocenters. The summed E-state index contributed by atoms with van der Waals surface area (Å²) in [5.74, 6) is 0.0352. The number of hydrogen-bond donors (Lipinski definition) is 0. The lowest BCUT2D eigenvalue weighted by Gasteiger charge is -2.19. The van der Waals surface area contributed by atoms with Crippen molar-refractivity contribution in [1.82, 2.24) is 14.7 Å². The molecule has 0 amide bonds. The molecular formula is C16H21N3O3S. The van der Waals surface area contributed by atoms with Gasteiger partial charge in [-0.2, -0.15) is 0 Å². The molecule has 1 aromatic carbocycles. The molecule has 0 spiro atoms. The van der Waals surface area contributed by atoms with Crippen molar-refractivity contribution in [3.05, 3.63) is 34.7 Å². The third-order valence-electron chi connectivity index (χ3n) is 3.47. The van der Waals surface area contributed by atoms with Crippen molar-refractivity contribution < 1.29 is 13.9 Å². The number of methoxy groups -OCH3 is 1. The van der Waals surface area contributed by atoms with Crippen molar-refractivity contribution in [3.8, 4) is 11.5 Å². The average molecular weight is 335 g/mol. The molecule has 0 N–H and O–H groups in total. The van der Waals surface area contributed by atoms with Crippen LogP contribution in [0.2, 0.25) is 0 Å². The van der Waals surface area contributed by atoms with Crippen LogP contribution in [0.1, 0.15) is 12.5 Å². The smallest absolute Gasteiger partial charge is 0.309 e. The van der Waals surface area contributed by atoms with Crippen molar-refractivity contribution in [2.24, 2.45) is 5.92 Å². The Hall–Kier alpha value is -1.99. The lowest BCUT2D eigenvalue weighted by molar-refractivity contribution is -0.145. The summed E-state index contributed by atoms with van der Waals surface area (Å²) in [6.07, 6.45) is 0. The van der Waals surface area contributed by atoms with Crippen molar-refractivity contribution >= 4 is 18.2 Å². The van der Waals surface area contributed by atoms with E-state index in [1.54, 1.807) is 4.68 Å². The Kier molecular flexibility index (Phi) is 5.68. The molecule has 1 unspecified atom stereocenters. The van der Waals surface area contributed by atoms with E-state index in [1.807, 2.05) is 50.1 Å². The molecule has 0 saturated carbocycles. The summed E-state index contributed by atoms with van der Waals surface area (Å²) in [4.78, 5) is 13.7. The molecular weight excluding hydrogens is 314 g/mol. The van der Waals surface area contributed by atoms with Gasteiger partial charge in [0.2, 0.25) is 5.89 Å². The van der Waals surface area contributed by atoms with Gasteiger partial charge in [0.15, 0.2) is 0 Å². The molecule has 1 heterocycles. The minimum Gasteiger partial charge on any atom is -0.469 e. The van der Waals surface area contributed by atoms with E-state index in [0.29, 0.717) is 23.9 Å². The zero-order chi connectivity index (χ0) is 17.0. The van der Waals surface area contributed by atoms with Crippen LogP contribution in [0, 0.1) is 17.7 Å². The quantitative estimate of drug-likeness (QED) is 0.597. The van der Waals surface area contributed by atoms with Crippen LogP contribution < -0.4 is 0 Å². The SMILES string of the molecule is COC(=O)C(C)CN(C)Cn1nc(-c2ccc(C)cc2)oc1=S. The molecule has 0 aliphatic rings. The number of aromatic nitrogens is 2. The van der Waals surface area contributed by atoms with Crippen LogP contribution in [0.15, 0.2) is 28.7 Å². The highest BCUT2D eigenvalue weighted by Crippen LogP contribution is 2.18. The molecule has 124 valence electrons. The Morgan fingerprint density at radius 1 is 1.43 bits per heavy atom. The third kappa shape index (κ3) is 4.49. The Bertz CT molecular complexity index is 721. The first-order valence-electron chi connectivity index (χ1n) is 7.32. The first-order valence-corrected chi connectivity index (χ1v) is 7.73. The van der Waals surface area contributed by atoms with Crippen LogP contribution in [-0.2, 0) is 16.2 Å². The highest BCUT2D eigenvalue weighted by Gasteiger charge is 2.16. The molecule has 6 nitrogen and oxygen atoms in total. The van der Waals surface area contributed by atoms with E-state index in [4.69, 9.17) is 21.4 Å². The van der Waals surface area contributed by atoms with Crippen LogP contribution >= 0.6 is 12.2 Å². The molecule has 0 bridgehead atoms. The van der Waals surface area contributed by atoms with E-state index < -0.39 is 0 Å². The number of hydrogen-bond acceptors (Lipinski definition) is 6. The zero-order valence-corrected chi connectivity index (χ0v) is 14.6. The highest BCUT2D eigenvalue weighted by molar-refractivity contribution is 7.71. The minimum atomic E-state index is -0.235. The van der Waals surface area contributed by atoms with Gasteiger partial charge in [-0.15, -0.1) is 5.10 Å². The maximum Gasteiger partial charge on any atom is 0.309 e. The first kappa shape index (κ1) is 17.4. The number of carbonyl (C=O) groups is 1. The molecule has 2 aromatic rings. The van der Waals surface area contributed by atoms with Gasteiger partial charge in [0.05, 0.1) is 19.7 Å². The third-order valence-corrected chi connectivity index (χ3v) is 3.76.